The Kier molecular flexibility index (Phi) is 5.91. The van der Waals surface area contributed by atoms with Gasteiger partial charge in [0, 0.05) is 24.6 Å². The van der Waals surface area contributed by atoms with Crippen LogP contribution in [0.5, 0.6) is 0 Å². The molecule has 0 saturated carbocycles. The minimum atomic E-state index is -0.402. The van der Waals surface area contributed by atoms with Crippen molar-refractivity contribution >= 4 is 23.3 Å². The summed E-state index contributed by atoms with van der Waals surface area (Å²) < 4.78 is 5.72. The van der Waals surface area contributed by atoms with E-state index in [0.717, 1.165) is 29.6 Å². The second kappa shape index (κ2) is 7.90. The number of hydrogen-bond donors (Lipinski definition) is 2. The van der Waals surface area contributed by atoms with Gasteiger partial charge in [-0.15, -0.1) is 0 Å². The first-order valence-corrected chi connectivity index (χ1v) is 8.07. The Morgan fingerprint density at radius 1 is 1.36 bits per heavy atom. The number of aromatic nitrogens is 1. The summed E-state index contributed by atoms with van der Waals surface area (Å²) in [5.41, 5.74) is 0.0735. The number of anilines is 1. The smallest absolute Gasteiger partial charge is 0.310 e. The minimum Gasteiger partial charge on any atom is -0.464 e. The maximum atomic E-state index is 10.8. The molecule has 0 aromatic carbocycles. The highest BCUT2D eigenvalue weighted by atomic mass is 32.2. The van der Waals surface area contributed by atoms with Crippen LogP contribution in [-0.4, -0.2) is 41.2 Å². The van der Waals surface area contributed by atoms with Crippen molar-refractivity contribution < 1.29 is 9.34 Å². The van der Waals surface area contributed by atoms with Crippen LogP contribution in [0.15, 0.2) is 28.8 Å². The zero-order chi connectivity index (χ0) is 15.9. The lowest BCUT2D eigenvalue weighted by Gasteiger charge is -2.06. The monoisotopic (exact) mass is 324 g/mol. The summed E-state index contributed by atoms with van der Waals surface area (Å²) in [4.78, 5) is 15.2. The Labute approximate surface area is 133 Å². The summed E-state index contributed by atoms with van der Waals surface area (Å²) in [5.74, 6) is 3.99. The molecule has 22 heavy (non-hydrogen) atoms. The SMILES string of the molecule is CN(C)Cc1ccc(CSCCNc2[nH]ccc2[N+](=O)[O-])o1. The highest BCUT2D eigenvalue weighted by Gasteiger charge is 2.13. The van der Waals surface area contributed by atoms with Crippen LogP contribution in [0.25, 0.3) is 0 Å². The molecule has 0 atom stereocenters. The number of nitrogens with one attached hydrogen (secondary N) is 2. The van der Waals surface area contributed by atoms with E-state index in [-0.39, 0.29) is 5.69 Å². The molecule has 2 N–H and O–H groups in total. The average Bonchev–Trinajstić information content (AvgIpc) is 3.07. The summed E-state index contributed by atoms with van der Waals surface area (Å²) in [7, 11) is 4.00. The van der Waals surface area contributed by atoms with E-state index in [1.165, 1.54) is 6.07 Å². The first-order valence-electron chi connectivity index (χ1n) is 6.92. The van der Waals surface area contributed by atoms with Crippen LogP contribution in [-0.2, 0) is 12.3 Å². The first-order chi connectivity index (χ1) is 10.6. The highest BCUT2D eigenvalue weighted by molar-refractivity contribution is 7.98. The third-order valence-electron chi connectivity index (χ3n) is 2.90. The molecule has 0 spiro atoms. The maximum absolute atomic E-state index is 10.8. The second-order valence-electron chi connectivity index (χ2n) is 5.08. The zero-order valence-corrected chi connectivity index (χ0v) is 13.5. The van der Waals surface area contributed by atoms with E-state index in [9.17, 15) is 10.1 Å². The summed E-state index contributed by atoms with van der Waals surface area (Å²) in [6.07, 6.45) is 1.56. The quantitative estimate of drug-likeness (QED) is 0.419. The summed E-state index contributed by atoms with van der Waals surface area (Å²) in [6, 6.07) is 5.44. The molecule has 2 aromatic rings. The largest absolute Gasteiger partial charge is 0.464 e. The molecule has 0 aliphatic carbocycles. The Morgan fingerprint density at radius 2 is 2.14 bits per heavy atom. The molecule has 7 nitrogen and oxygen atoms in total. The molecule has 2 heterocycles. The predicted molar refractivity (Wildman–Crippen MR) is 88.2 cm³/mol. The van der Waals surface area contributed by atoms with Crippen LogP contribution < -0.4 is 5.32 Å². The van der Waals surface area contributed by atoms with E-state index < -0.39 is 4.92 Å². The number of rotatable bonds is 9. The van der Waals surface area contributed by atoms with Gasteiger partial charge in [0.2, 0.25) is 0 Å². The number of furan rings is 1. The van der Waals surface area contributed by atoms with Gasteiger partial charge in [0.25, 0.3) is 0 Å². The number of H-pyrrole nitrogens is 1. The van der Waals surface area contributed by atoms with Gasteiger partial charge in [-0.05, 0) is 26.2 Å². The fourth-order valence-electron chi connectivity index (χ4n) is 1.97. The number of hydrogen-bond acceptors (Lipinski definition) is 6. The molecular formula is C14H20N4O3S. The van der Waals surface area contributed by atoms with Crippen molar-refractivity contribution in [3.05, 3.63) is 46.0 Å². The van der Waals surface area contributed by atoms with E-state index in [2.05, 4.69) is 15.2 Å². The molecule has 0 aliphatic rings. The standard InChI is InChI=1S/C14H20N4O3S/c1-17(2)9-11-3-4-12(21-11)10-22-8-7-16-14-13(18(19)20)5-6-15-14/h3-6,15-16H,7-10H2,1-2H3. The van der Waals surface area contributed by atoms with Gasteiger partial charge in [0.15, 0.2) is 5.82 Å². The normalized spacial score (nSPS) is 11.0. The van der Waals surface area contributed by atoms with Crippen molar-refractivity contribution in [1.82, 2.24) is 9.88 Å². The van der Waals surface area contributed by atoms with Crippen LogP contribution in [0, 0.1) is 10.1 Å². The van der Waals surface area contributed by atoms with Gasteiger partial charge in [0.1, 0.15) is 11.5 Å². The zero-order valence-electron chi connectivity index (χ0n) is 12.7. The Morgan fingerprint density at radius 3 is 2.86 bits per heavy atom. The van der Waals surface area contributed by atoms with E-state index in [1.807, 2.05) is 26.2 Å². The van der Waals surface area contributed by atoms with Crippen LogP contribution in [0.1, 0.15) is 11.5 Å². The molecule has 0 saturated heterocycles. The molecule has 0 fully saturated rings. The molecule has 0 aliphatic heterocycles. The molecule has 0 radical (unpaired) electrons. The number of nitro groups is 1. The molecule has 0 unspecified atom stereocenters. The minimum absolute atomic E-state index is 0.0735. The fraction of sp³-hybridized carbons (Fsp3) is 0.429. The molecule has 2 rings (SSSR count). The second-order valence-corrected chi connectivity index (χ2v) is 6.19. The van der Waals surface area contributed by atoms with Crippen molar-refractivity contribution in [2.75, 3.05) is 31.7 Å². The topological polar surface area (TPSA) is 87.3 Å². The Hall–Kier alpha value is -1.93. The van der Waals surface area contributed by atoms with E-state index in [4.69, 9.17) is 4.42 Å². The van der Waals surface area contributed by atoms with E-state index in [1.54, 1.807) is 18.0 Å². The molecule has 120 valence electrons. The number of aromatic amines is 1. The molecule has 0 bridgehead atoms. The van der Waals surface area contributed by atoms with Gasteiger partial charge in [-0.1, -0.05) is 0 Å². The third kappa shape index (κ3) is 4.81. The van der Waals surface area contributed by atoms with Crippen molar-refractivity contribution in [1.29, 1.82) is 0 Å². The van der Waals surface area contributed by atoms with E-state index in [0.29, 0.717) is 12.4 Å². The van der Waals surface area contributed by atoms with Crippen LogP contribution >= 0.6 is 11.8 Å². The van der Waals surface area contributed by atoms with Gasteiger partial charge < -0.3 is 19.6 Å². The first kappa shape index (κ1) is 16.4. The summed E-state index contributed by atoms with van der Waals surface area (Å²) in [6.45, 7) is 1.44. The van der Waals surface area contributed by atoms with Crippen molar-refractivity contribution in [2.24, 2.45) is 0 Å². The lowest BCUT2D eigenvalue weighted by atomic mass is 10.4. The number of thioether (sulfide) groups is 1. The van der Waals surface area contributed by atoms with Crippen LogP contribution in [0.3, 0.4) is 0 Å². The van der Waals surface area contributed by atoms with Crippen molar-refractivity contribution in [2.45, 2.75) is 12.3 Å². The highest BCUT2D eigenvalue weighted by Crippen LogP contribution is 2.22. The van der Waals surface area contributed by atoms with Crippen molar-refractivity contribution in [3.8, 4) is 0 Å². The Bertz CT molecular complexity index is 609. The average molecular weight is 324 g/mol. The maximum Gasteiger partial charge on any atom is 0.310 e. The third-order valence-corrected chi connectivity index (χ3v) is 3.89. The Balaban J connectivity index is 1.68. The van der Waals surface area contributed by atoms with Gasteiger partial charge in [-0.25, -0.2) is 0 Å². The lowest BCUT2D eigenvalue weighted by molar-refractivity contribution is -0.383. The number of nitrogens with zero attached hydrogens (tertiary/aromatic N) is 2. The summed E-state index contributed by atoms with van der Waals surface area (Å²) >= 11 is 1.72. The van der Waals surface area contributed by atoms with E-state index >= 15 is 0 Å². The molecule has 2 aromatic heterocycles. The van der Waals surface area contributed by atoms with Gasteiger partial charge in [-0.3, -0.25) is 10.1 Å². The molecule has 0 amide bonds. The van der Waals surface area contributed by atoms with Gasteiger partial charge in [0.05, 0.1) is 17.2 Å². The van der Waals surface area contributed by atoms with Crippen molar-refractivity contribution in [3.63, 3.8) is 0 Å². The van der Waals surface area contributed by atoms with Gasteiger partial charge >= 0.3 is 5.69 Å². The van der Waals surface area contributed by atoms with Gasteiger partial charge in [-0.2, -0.15) is 11.8 Å². The molecular weight excluding hydrogens is 304 g/mol. The molecule has 8 heteroatoms. The summed E-state index contributed by atoms with van der Waals surface area (Å²) in [5, 5.41) is 13.8. The van der Waals surface area contributed by atoms with Crippen LogP contribution in [0.4, 0.5) is 11.5 Å². The fourth-order valence-corrected chi connectivity index (χ4v) is 2.72. The van der Waals surface area contributed by atoms with Crippen LogP contribution in [0.2, 0.25) is 0 Å². The lowest BCUT2D eigenvalue weighted by Crippen LogP contribution is -2.09. The predicted octanol–water partition coefficient (Wildman–Crippen LogP) is 2.92.